The van der Waals surface area contributed by atoms with Gasteiger partial charge >= 0.3 is 5.97 Å². The van der Waals surface area contributed by atoms with Gasteiger partial charge in [-0.15, -0.1) is 0 Å². The van der Waals surface area contributed by atoms with E-state index in [4.69, 9.17) is 0 Å². The van der Waals surface area contributed by atoms with Crippen LogP contribution in [-0.4, -0.2) is 38.0 Å². The number of carbonyl (C=O) groups excluding carboxylic acids is 2. The van der Waals surface area contributed by atoms with Gasteiger partial charge in [0.05, 0.1) is 7.11 Å². The normalized spacial score (nSPS) is 9.06. The van der Waals surface area contributed by atoms with E-state index in [0.29, 0.717) is 11.1 Å². The molecule has 0 N–H and O–H groups in total. The molecule has 0 aliphatic carbocycles. The third kappa shape index (κ3) is 3.95. The summed E-state index contributed by atoms with van der Waals surface area (Å²) in [5.74, 6) is 5.07. The highest BCUT2D eigenvalue weighted by Gasteiger charge is 2.07. The molecule has 1 amide bonds. The molecule has 0 radical (unpaired) electrons. The third-order valence-corrected chi connectivity index (χ3v) is 2.21. The fraction of sp³-hybridized carbons (Fsp3) is 0.286. The largest absolute Gasteiger partial charge is 0.468 e. The van der Waals surface area contributed by atoms with Crippen LogP contribution in [-0.2, 0) is 9.53 Å². The molecule has 0 saturated carbocycles. The summed E-state index contributed by atoms with van der Waals surface area (Å²) in [6.07, 6.45) is 0.0440. The van der Waals surface area contributed by atoms with E-state index in [1.54, 1.807) is 38.4 Å². The molecule has 0 heterocycles. The molecule has 0 aromatic heterocycles. The lowest BCUT2D eigenvalue weighted by atomic mass is 10.1. The van der Waals surface area contributed by atoms with Gasteiger partial charge in [-0.1, -0.05) is 17.9 Å². The fourth-order valence-corrected chi connectivity index (χ4v) is 1.28. The second kappa shape index (κ2) is 6.45. The van der Waals surface area contributed by atoms with Crippen molar-refractivity contribution in [2.75, 3.05) is 21.2 Å². The lowest BCUT2D eigenvalue weighted by Crippen LogP contribution is -2.21. The lowest BCUT2D eigenvalue weighted by molar-refractivity contribution is -0.139. The van der Waals surface area contributed by atoms with Crippen molar-refractivity contribution in [1.29, 1.82) is 0 Å². The Balaban J connectivity index is 2.83. The molecule has 0 saturated heterocycles. The Kier molecular flexibility index (Phi) is 4.94. The van der Waals surface area contributed by atoms with E-state index in [2.05, 4.69) is 16.6 Å². The van der Waals surface area contributed by atoms with Crippen LogP contribution in [0, 0.1) is 11.8 Å². The number of rotatable bonds is 2. The lowest BCUT2D eigenvalue weighted by Gasteiger charge is -2.09. The summed E-state index contributed by atoms with van der Waals surface area (Å²) in [4.78, 5) is 24.1. The van der Waals surface area contributed by atoms with E-state index in [0.717, 1.165) is 0 Å². The minimum absolute atomic E-state index is 0.0440. The molecule has 1 aromatic rings. The van der Waals surface area contributed by atoms with Crippen molar-refractivity contribution in [3.05, 3.63) is 35.4 Å². The Morgan fingerprint density at radius 1 is 1.33 bits per heavy atom. The predicted molar refractivity (Wildman–Crippen MR) is 68.0 cm³/mol. The summed E-state index contributed by atoms with van der Waals surface area (Å²) < 4.78 is 4.48. The molecule has 4 nitrogen and oxygen atoms in total. The average Bonchev–Trinajstić information content (AvgIpc) is 2.37. The van der Waals surface area contributed by atoms with Gasteiger partial charge in [-0.05, 0) is 18.2 Å². The minimum atomic E-state index is -0.372. The first kappa shape index (κ1) is 13.8. The van der Waals surface area contributed by atoms with Crippen LogP contribution in [0.1, 0.15) is 22.3 Å². The summed E-state index contributed by atoms with van der Waals surface area (Å²) in [6, 6.07) is 6.98. The number of benzene rings is 1. The zero-order chi connectivity index (χ0) is 13.5. The van der Waals surface area contributed by atoms with Crippen molar-refractivity contribution in [2.24, 2.45) is 0 Å². The van der Waals surface area contributed by atoms with Crippen LogP contribution in [0.3, 0.4) is 0 Å². The van der Waals surface area contributed by atoms with Crippen LogP contribution < -0.4 is 0 Å². The molecular weight excluding hydrogens is 230 g/mol. The Morgan fingerprint density at radius 3 is 2.67 bits per heavy atom. The molecule has 4 heteroatoms. The molecule has 0 bridgehead atoms. The topological polar surface area (TPSA) is 46.6 Å². The number of hydrogen-bond donors (Lipinski definition) is 0. The zero-order valence-electron chi connectivity index (χ0n) is 10.7. The van der Waals surface area contributed by atoms with Gasteiger partial charge < -0.3 is 9.64 Å². The predicted octanol–water partition coefficient (Wildman–Crippen LogP) is 1.30. The number of ether oxygens (including phenoxy) is 1. The third-order valence-electron chi connectivity index (χ3n) is 2.21. The van der Waals surface area contributed by atoms with E-state index < -0.39 is 0 Å². The van der Waals surface area contributed by atoms with E-state index >= 15 is 0 Å². The summed E-state index contributed by atoms with van der Waals surface area (Å²) in [6.45, 7) is 0. The maximum absolute atomic E-state index is 11.7. The molecule has 0 unspecified atom stereocenters. The average molecular weight is 245 g/mol. The molecule has 0 spiro atoms. The highest BCUT2D eigenvalue weighted by molar-refractivity contribution is 5.94. The Hall–Kier alpha value is -2.28. The van der Waals surface area contributed by atoms with Crippen molar-refractivity contribution in [3.63, 3.8) is 0 Å². The Bertz CT molecular complexity index is 509. The first-order valence-electron chi connectivity index (χ1n) is 5.42. The molecule has 0 aliphatic rings. The van der Waals surface area contributed by atoms with E-state index in [1.165, 1.54) is 12.0 Å². The number of amides is 1. The summed E-state index contributed by atoms with van der Waals surface area (Å²) >= 11 is 0. The fourth-order valence-electron chi connectivity index (χ4n) is 1.28. The van der Waals surface area contributed by atoms with Gasteiger partial charge in [-0.2, -0.15) is 0 Å². The van der Waals surface area contributed by atoms with Crippen LogP contribution in [0.4, 0.5) is 0 Å². The number of nitrogens with zero attached hydrogens (tertiary/aromatic N) is 1. The van der Waals surface area contributed by atoms with Crippen molar-refractivity contribution in [1.82, 2.24) is 4.90 Å². The highest BCUT2D eigenvalue weighted by Crippen LogP contribution is 2.06. The zero-order valence-corrected chi connectivity index (χ0v) is 10.7. The molecule has 1 aromatic carbocycles. The van der Waals surface area contributed by atoms with Crippen molar-refractivity contribution in [2.45, 2.75) is 6.42 Å². The molecule has 1 rings (SSSR count). The van der Waals surface area contributed by atoms with Crippen LogP contribution in [0.15, 0.2) is 24.3 Å². The van der Waals surface area contributed by atoms with Gasteiger partial charge in [-0.25, -0.2) is 0 Å². The summed E-state index contributed by atoms with van der Waals surface area (Å²) in [7, 11) is 4.70. The molecule has 18 heavy (non-hydrogen) atoms. The first-order valence-corrected chi connectivity index (χ1v) is 5.42. The number of esters is 1. The maximum atomic E-state index is 11.7. The minimum Gasteiger partial charge on any atom is -0.468 e. The van der Waals surface area contributed by atoms with Gasteiger partial charge in [0.25, 0.3) is 5.91 Å². The standard InChI is InChI=1S/C14H15NO3/c1-15(2)14(17)12-8-4-6-11(10-12)7-5-9-13(16)18-3/h4,6,8,10H,9H2,1-3H3. The van der Waals surface area contributed by atoms with Gasteiger partial charge in [0.2, 0.25) is 0 Å². The number of carbonyl (C=O) groups is 2. The quantitative estimate of drug-likeness (QED) is 0.583. The van der Waals surface area contributed by atoms with Gasteiger partial charge in [-0.3, -0.25) is 9.59 Å². The molecule has 94 valence electrons. The van der Waals surface area contributed by atoms with Crippen molar-refractivity contribution in [3.8, 4) is 11.8 Å². The van der Waals surface area contributed by atoms with Crippen LogP contribution >= 0.6 is 0 Å². The van der Waals surface area contributed by atoms with E-state index in [1.807, 2.05) is 0 Å². The molecule has 0 aliphatic heterocycles. The van der Waals surface area contributed by atoms with Gasteiger partial charge in [0.15, 0.2) is 0 Å². The van der Waals surface area contributed by atoms with Crippen molar-refractivity contribution < 1.29 is 14.3 Å². The van der Waals surface area contributed by atoms with E-state index in [9.17, 15) is 9.59 Å². The molecule has 0 fully saturated rings. The first-order chi connectivity index (χ1) is 8.54. The van der Waals surface area contributed by atoms with E-state index in [-0.39, 0.29) is 18.3 Å². The second-order valence-electron chi connectivity index (χ2n) is 3.84. The SMILES string of the molecule is COC(=O)CC#Cc1cccc(C(=O)N(C)C)c1. The molecule has 0 atom stereocenters. The summed E-state index contributed by atoms with van der Waals surface area (Å²) in [5, 5.41) is 0. The number of hydrogen-bond acceptors (Lipinski definition) is 3. The maximum Gasteiger partial charge on any atom is 0.317 e. The highest BCUT2D eigenvalue weighted by atomic mass is 16.5. The summed E-state index contributed by atoms with van der Waals surface area (Å²) in [5.41, 5.74) is 1.27. The smallest absolute Gasteiger partial charge is 0.317 e. The van der Waals surface area contributed by atoms with Crippen LogP contribution in [0.2, 0.25) is 0 Å². The van der Waals surface area contributed by atoms with Gasteiger partial charge in [0, 0.05) is 25.2 Å². The van der Waals surface area contributed by atoms with Crippen molar-refractivity contribution >= 4 is 11.9 Å². The second-order valence-corrected chi connectivity index (χ2v) is 3.84. The Labute approximate surface area is 107 Å². The Morgan fingerprint density at radius 2 is 2.06 bits per heavy atom. The van der Waals surface area contributed by atoms with Gasteiger partial charge in [0.1, 0.15) is 6.42 Å². The van der Waals surface area contributed by atoms with Crippen LogP contribution in [0.25, 0.3) is 0 Å². The van der Waals surface area contributed by atoms with Crippen LogP contribution in [0.5, 0.6) is 0 Å². The monoisotopic (exact) mass is 245 g/mol. The number of methoxy groups -OCH3 is 1. The molecular formula is C14H15NO3.